The zero-order valence-electron chi connectivity index (χ0n) is 8.38. The molecule has 4 N–H and O–H groups in total. The van der Waals surface area contributed by atoms with Gasteiger partial charge in [0.25, 0.3) is 0 Å². The summed E-state index contributed by atoms with van der Waals surface area (Å²) in [5, 5.41) is 0. The fourth-order valence-electron chi connectivity index (χ4n) is 1.15. The monoisotopic (exact) mass is 233 g/mol. The van der Waals surface area contributed by atoms with E-state index in [1.54, 1.807) is 6.20 Å². The van der Waals surface area contributed by atoms with Crippen LogP contribution in [0.15, 0.2) is 41.7 Å². The van der Waals surface area contributed by atoms with Gasteiger partial charge in [-0.1, -0.05) is 12.1 Å². The van der Waals surface area contributed by atoms with Gasteiger partial charge in [0.05, 0.1) is 11.9 Å². The lowest BCUT2D eigenvalue weighted by atomic mass is 10.3. The number of thiol groups is 1. The minimum Gasteiger partial charge on any atom is -0.382 e. The molecule has 0 atom stereocenters. The Morgan fingerprint density at radius 1 is 1.12 bits per heavy atom. The van der Waals surface area contributed by atoms with Crippen LogP contribution in [0.3, 0.4) is 0 Å². The Balaban J connectivity index is 2.09. The van der Waals surface area contributed by atoms with E-state index in [1.807, 2.05) is 24.3 Å². The first kappa shape index (κ1) is 10.6. The van der Waals surface area contributed by atoms with Crippen molar-refractivity contribution in [3.05, 3.63) is 36.8 Å². The maximum absolute atomic E-state index is 5.65. The standard InChI is InChI=1S/C10H11N5S/c11-10-8(5-12-6-13-10)15-14-7-3-1-2-4-9(7)16/h1-6,14-16H,(H2,11,12,13). The predicted molar refractivity (Wildman–Crippen MR) is 67.4 cm³/mol. The molecule has 0 aliphatic rings. The van der Waals surface area contributed by atoms with E-state index in [2.05, 4.69) is 33.4 Å². The lowest BCUT2D eigenvalue weighted by Gasteiger charge is -2.11. The summed E-state index contributed by atoms with van der Waals surface area (Å²) in [5.41, 5.74) is 13.0. The number of anilines is 3. The van der Waals surface area contributed by atoms with Crippen molar-refractivity contribution in [2.24, 2.45) is 0 Å². The van der Waals surface area contributed by atoms with Crippen LogP contribution in [0.25, 0.3) is 0 Å². The zero-order valence-corrected chi connectivity index (χ0v) is 9.28. The fourth-order valence-corrected chi connectivity index (χ4v) is 1.37. The average Bonchev–Trinajstić information content (AvgIpc) is 2.30. The van der Waals surface area contributed by atoms with E-state index < -0.39 is 0 Å². The van der Waals surface area contributed by atoms with Gasteiger partial charge in [-0.05, 0) is 12.1 Å². The first-order chi connectivity index (χ1) is 7.77. The molecule has 0 fully saturated rings. The highest BCUT2D eigenvalue weighted by atomic mass is 32.1. The smallest absolute Gasteiger partial charge is 0.152 e. The number of hydrogen-bond acceptors (Lipinski definition) is 6. The van der Waals surface area contributed by atoms with Gasteiger partial charge in [0.2, 0.25) is 0 Å². The normalized spacial score (nSPS) is 9.81. The van der Waals surface area contributed by atoms with Crippen LogP contribution >= 0.6 is 12.6 Å². The van der Waals surface area contributed by atoms with Crippen molar-refractivity contribution in [2.45, 2.75) is 4.90 Å². The molecule has 2 rings (SSSR count). The Bertz CT molecular complexity index is 443. The molecule has 0 bridgehead atoms. The average molecular weight is 233 g/mol. The van der Waals surface area contributed by atoms with Crippen LogP contribution in [0.1, 0.15) is 0 Å². The molecule has 0 aliphatic heterocycles. The molecule has 0 saturated heterocycles. The molecule has 0 aliphatic carbocycles. The van der Waals surface area contributed by atoms with Crippen LogP contribution in [0, 0.1) is 0 Å². The number of nitrogens with one attached hydrogen (secondary N) is 2. The first-order valence-corrected chi connectivity index (χ1v) is 5.07. The molecule has 0 unspecified atom stereocenters. The van der Waals surface area contributed by atoms with Crippen LogP contribution in [-0.4, -0.2) is 9.97 Å². The Morgan fingerprint density at radius 2 is 1.88 bits per heavy atom. The van der Waals surface area contributed by atoms with Gasteiger partial charge in [0.15, 0.2) is 5.82 Å². The minimum absolute atomic E-state index is 0.388. The van der Waals surface area contributed by atoms with E-state index in [1.165, 1.54) is 6.33 Å². The largest absolute Gasteiger partial charge is 0.382 e. The number of hydrazine groups is 1. The van der Waals surface area contributed by atoms with E-state index >= 15 is 0 Å². The van der Waals surface area contributed by atoms with Crippen molar-refractivity contribution in [3.63, 3.8) is 0 Å². The second kappa shape index (κ2) is 4.71. The topological polar surface area (TPSA) is 75.9 Å². The third kappa shape index (κ3) is 2.34. The van der Waals surface area contributed by atoms with Crippen molar-refractivity contribution in [3.8, 4) is 0 Å². The molecule has 6 heteroatoms. The molecule has 1 aromatic heterocycles. The van der Waals surface area contributed by atoms with Gasteiger partial charge in [0.1, 0.15) is 12.0 Å². The molecule has 0 saturated carbocycles. The van der Waals surface area contributed by atoms with Crippen molar-refractivity contribution in [1.82, 2.24) is 9.97 Å². The molecular weight excluding hydrogens is 222 g/mol. The zero-order chi connectivity index (χ0) is 11.4. The SMILES string of the molecule is Nc1ncncc1NNc1ccccc1S. The number of nitrogen functional groups attached to an aromatic ring is 1. The lowest BCUT2D eigenvalue weighted by molar-refractivity contribution is 1.17. The Hall–Kier alpha value is -1.95. The van der Waals surface area contributed by atoms with Gasteiger partial charge < -0.3 is 5.73 Å². The summed E-state index contributed by atoms with van der Waals surface area (Å²) in [4.78, 5) is 8.56. The van der Waals surface area contributed by atoms with Crippen LogP contribution in [0.2, 0.25) is 0 Å². The number of rotatable bonds is 3. The number of para-hydroxylation sites is 1. The van der Waals surface area contributed by atoms with Crippen molar-refractivity contribution in [2.75, 3.05) is 16.6 Å². The lowest BCUT2D eigenvalue weighted by Crippen LogP contribution is -2.11. The molecule has 0 radical (unpaired) electrons. The second-order valence-electron chi connectivity index (χ2n) is 3.09. The Morgan fingerprint density at radius 3 is 2.62 bits per heavy atom. The highest BCUT2D eigenvalue weighted by Gasteiger charge is 2.00. The van der Waals surface area contributed by atoms with Gasteiger partial charge in [-0.2, -0.15) is 0 Å². The first-order valence-electron chi connectivity index (χ1n) is 4.63. The van der Waals surface area contributed by atoms with Crippen LogP contribution in [0.4, 0.5) is 17.2 Å². The maximum atomic E-state index is 5.65. The summed E-state index contributed by atoms with van der Waals surface area (Å²) in [7, 11) is 0. The van der Waals surface area contributed by atoms with Crippen LogP contribution in [-0.2, 0) is 0 Å². The Labute approximate surface area is 98.5 Å². The Kier molecular flexibility index (Phi) is 3.11. The van der Waals surface area contributed by atoms with Crippen LogP contribution in [0.5, 0.6) is 0 Å². The minimum atomic E-state index is 0.388. The van der Waals surface area contributed by atoms with Gasteiger partial charge >= 0.3 is 0 Å². The predicted octanol–water partition coefficient (Wildman–Crippen LogP) is 1.79. The molecular formula is C10H11N5S. The third-order valence-electron chi connectivity index (χ3n) is 1.98. The maximum Gasteiger partial charge on any atom is 0.152 e. The molecule has 0 amide bonds. The quantitative estimate of drug-likeness (QED) is 0.480. The van der Waals surface area contributed by atoms with E-state index in [9.17, 15) is 0 Å². The van der Waals surface area contributed by atoms with Crippen molar-refractivity contribution < 1.29 is 0 Å². The summed E-state index contributed by atoms with van der Waals surface area (Å²) in [5.74, 6) is 0.388. The number of hydrogen-bond donors (Lipinski definition) is 4. The molecule has 5 nitrogen and oxygen atoms in total. The van der Waals surface area contributed by atoms with Gasteiger partial charge in [-0.3, -0.25) is 10.9 Å². The summed E-state index contributed by atoms with van der Waals surface area (Å²) in [6, 6.07) is 7.61. The van der Waals surface area contributed by atoms with E-state index in [-0.39, 0.29) is 0 Å². The summed E-state index contributed by atoms with van der Waals surface area (Å²) in [6.07, 6.45) is 2.99. The van der Waals surface area contributed by atoms with E-state index in [4.69, 9.17) is 5.73 Å². The van der Waals surface area contributed by atoms with E-state index in [0.717, 1.165) is 10.6 Å². The number of nitrogens with zero attached hydrogens (tertiary/aromatic N) is 2. The van der Waals surface area contributed by atoms with Crippen molar-refractivity contribution in [1.29, 1.82) is 0 Å². The molecule has 82 valence electrons. The van der Waals surface area contributed by atoms with Gasteiger partial charge in [-0.15, -0.1) is 12.6 Å². The third-order valence-corrected chi connectivity index (χ3v) is 2.37. The molecule has 1 aromatic carbocycles. The summed E-state index contributed by atoms with van der Waals surface area (Å²) in [6.45, 7) is 0. The fraction of sp³-hybridized carbons (Fsp3) is 0. The summed E-state index contributed by atoms with van der Waals surface area (Å²) >= 11 is 4.31. The highest BCUT2D eigenvalue weighted by molar-refractivity contribution is 7.80. The number of aromatic nitrogens is 2. The van der Waals surface area contributed by atoms with Crippen molar-refractivity contribution >= 4 is 29.8 Å². The highest BCUT2D eigenvalue weighted by Crippen LogP contribution is 2.19. The number of nitrogens with two attached hydrogens (primary N) is 1. The molecule has 0 spiro atoms. The number of benzene rings is 1. The van der Waals surface area contributed by atoms with Gasteiger partial charge in [-0.25, -0.2) is 9.97 Å². The molecule has 16 heavy (non-hydrogen) atoms. The molecule has 2 aromatic rings. The van der Waals surface area contributed by atoms with E-state index in [0.29, 0.717) is 11.5 Å². The van der Waals surface area contributed by atoms with Gasteiger partial charge in [0, 0.05) is 4.90 Å². The second-order valence-corrected chi connectivity index (χ2v) is 3.57. The van der Waals surface area contributed by atoms with Crippen LogP contribution < -0.4 is 16.6 Å². The summed E-state index contributed by atoms with van der Waals surface area (Å²) < 4.78 is 0. The molecule has 1 heterocycles.